The Hall–Kier alpha value is -3.48. The fraction of sp³-hybridized carbons (Fsp3) is 0.194. The van der Waals surface area contributed by atoms with Crippen LogP contribution in [-0.4, -0.2) is 11.0 Å². The van der Waals surface area contributed by atoms with Gasteiger partial charge in [0.25, 0.3) is 0 Å². The van der Waals surface area contributed by atoms with E-state index in [1.54, 1.807) is 12.1 Å². The van der Waals surface area contributed by atoms with Crippen LogP contribution in [0.15, 0.2) is 108 Å². The van der Waals surface area contributed by atoms with Gasteiger partial charge < -0.3 is 14.7 Å². The van der Waals surface area contributed by atoms with Gasteiger partial charge in [0.15, 0.2) is 0 Å². The molecular weight excluding hydrogens is 533 g/mol. The molecule has 0 aliphatic carbocycles. The Morgan fingerprint density at radius 2 is 1.59 bits per heavy atom. The van der Waals surface area contributed by atoms with Crippen LogP contribution in [0.25, 0.3) is 0 Å². The number of para-hydroxylation sites is 1. The number of ether oxygens (including phenoxy) is 1. The minimum absolute atomic E-state index is 0.0134. The summed E-state index contributed by atoms with van der Waals surface area (Å²) in [5, 5.41) is 10.7. The summed E-state index contributed by atoms with van der Waals surface area (Å²) in [5.74, 6) is 0.0534. The normalized spacial score (nSPS) is 17.8. The molecule has 1 heterocycles. The Labute approximate surface area is 224 Å². The number of aliphatic hydroxyl groups excluding tert-OH is 1. The Balaban J connectivity index is 1.42. The van der Waals surface area contributed by atoms with Gasteiger partial charge in [0, 0.05) is 15.7 Å². The number of halogens is 2. The van der Waals surface area contributed by atoms with Crippen molar-refractivity contribution in [1.29, 1.82) is 0 Å². The molecule has 0 radical (unpaired) electrons. The van der Waals surface area contributed by atoms with E-state index < -0.39 is 6.10 Å². The summed E-state index contributed by atoms with van der Waals surface area (Å²) < 4.78 is 20.5. The van der Waals surface area contributed by atoms with Crippen LogP contribution in [0.4, 0.5) is 10.1 Å². The Kier molecular flexibility index (Phi) is 7.68. The molecule has 5 rings (SSSR count). The molecule has 4 nitrogen and oxygen atoms in total. The molecule has 1 aliphatic rings. The monoisotopic (exact) mass is 559 g/mol. The fourth-order valence-electron chi connectivity index (χ4n) is 4.86. The zero-order valence-corrected chi connectivity index (χ0v) is 21.7. The number of hydrogen-bond donors (Lipinski definition) is 1. The second kappa shape index (κ2) is 11.3. The van der Waals surface area contributed by atoms with Gasteiger partial charge in [-0.25, -0.2) is 4.39 Å². The van der Waals surface area contributed by atoms with Gasteiger partial charge in [-0.3, -0.25) is 4.79 Å². The summed E-state index contributed by atoms with van der Waals surface area (Å²) in [7, 11) is 0. The fourth-order valence-corrected chi connectivity index (χ4v) is 5.20. The van der Waals surface area contributed by atoms with Gasteiger partial charge in [0.05, 0.1) is 18.1 Å². The van der Waals surface area contributed by atoms with E-state index >= 15 is 0 Å². The molecular formula is C31H27BrFNO3. The molecule has 3 atom stereocenters. The lowest BCUT2D eigenvalue weighted by atomic mass is 9.78. The SMILES string of the molecule is O=C1[C@@H](CC[C@H](O)c2ccc(F)cc2)[C@H](c2ccc(Br)cc2OCc2ccccc2)N1c1ccccc1. The third kappa shape index (κ3) is 5.60. The molecule has 6 heteroatoms. The topological polar surface area (TPSA) is 49.8 Å². The number of benzene rings is 4. The maximum Gasteiger partial charge on any atom is 0.233 e. The first-order valence-corrected chi connectivity index (χ1v) is 13.1. The third-order valence-corrected chi connectivity index (χ3v) is 7.28. The zero-order valence-electron chi connectivity index (χ0n) is 20.1. The minimum atomic E-state index is -0.779. The summed E-state index contributed by atoms with van der Waals surface area (Å²) in [6, 6.07) is 31.1. The van der Waals surface area contributed by atoms with Crippen LogP contribution < -0.4 is 9.64 Å². The Morgan fingerprint density at radius 1 is 0.919 bits per heavy atom. The van der Waals surface area contributed by atoms with E-state index in [0.29, 0.717) is 30.8 Å². The lowest BCUT2D eigenvalue weighted by Crippen LogP contribution is -2.55. The molecule has 0 aromatic heterocycles. The van der Waals surface area contributed by atoms with Crippen LogP contribution in [0.5, 0.6) is 5.75 Å². The lowest BCUT2D eigenvalue weighted by Gasteiger charge is -2.48. The van der Waals surface area contributed by atoms with Crippen molar-refractivity contribution in [1.82, 2.24) is 0 Å². The van der Waals surface area contributed by atoms with Crippen molar-refractivity contribution in [2.24, 2.45) is 5.92 Å². The first-order chi connectivity index (χ1) is 18.0. The van der Waals surface area contributed by atoms with E-state index in [9.17, 15) is 14.3 Å². The van der Waals surface area contributed by atoms with Crippen molar-refractivity contribution in [3.8, 4) is 5.75 Å². The van der Waals surface area contributed by atoms with Crippen molar-refractivity contribution in [3.63, 3.8) is 0 Å². The van der Waals surface area contributed by atoms with Crippen LogP contribution in [0.3, 0.4) is 0 Å². The van der Waals surface area contributed by atoms with Crippen LogP contribution in [0, 0.1) is 11.7 Å². The quantitative estimate of drug-likeness (QED) is 0.217. The molecule has 0 unspecified atom stereocenters. The van der Waals surface area contributed by atoms with Gasteiger partial charge in [0.1, 0.15) is 18.2 Å². The third-order valence-electron chi connectivity index (χ3n) is 6.79. The number of aliphatic hydroxyl groups is 1. The van der Waals surface area contributed by atoms with Crippen molar-refractivity contribution >= 4 is 27.5 Å². The molecule has 1 N–H and O–H groups in total. The molecule has 188 valence electrons. The number of amides is 1. The second-order valence-corrected chi connectivity index (χ2v) is 10.1. The van der Waals surface area contributed by atoms with Gasteiger partial charge in [-0.15, -0.1) is 0 Å². The van der Waals surface area contributed by atoms with Gasteiger partial charge in [-0.2, -0.15) is 0 Å². The minimum Gasteiger partial charge on any atom is -0.489 e. The summed E-state index contributed by atoms with van der Waals surface area (Å²) in [6.45, 7) is 0.407. The number of rotatable bonds is 9. The van der Waals surface area contributed by atoms with Crippen molar-refractivity contribution in [3.05, 3.63) is 130 Å². The maximum absolute atomic E-state index is 13.4. The van der Waals surface area contributed by atoms with E-state index in [-0.39, 0.29) is 23.7 Å². The highest BCUT2D eigenvalue weighted by Crippen LogP contribution is 2.49. The van der Waals surface area contributed by atoms with E-state index in [1.807, 2.05) is 83.8 Å². The van der Waals surface area contributed by atoms with Gasteiger partial charge in [0.2, 0.25) is 5.91 Å². The smallest absolute Gasteiger partial charge is 0.233 e. The molecule has 1 amide bonds. The molecule has 4 aromatic carbocycles. The van der Waals surface area contributed by atoms with E-state index in [0.717, 1.165) is 21.3 Å². The number of carbonyl (C=O) groups excluding carboxylic acids is 1. The Morgan fingerprint density at radius 3 is 2.30 bits per heavy atom. The number of β-lactam (4-membered cyclic amide) rings is 1. The average Bonchev–Trinajstić information content (AvgIpc) is 2.92. The van der Waals surface area contributed by atoms with Gasteiger partial charge in [-0.05, 0) is 60.4 Å². The van der Waals surface area contributed by atoms with Crippen LogP contribution in [0.2, 0.25) is 0 Å². The standard InChI is InChI=1S/C31H27BrFNO3/c32-23-13-16-26(29(19-23)37-20-21-7-3-1-4-8-21)30-27(31(36)34(30)25-9-5-2-6-10-25)17-18-28(35)22-11-14-24(33)15-12-22/h1-16,19,27-28,30,35H,17-18,20H2/t27-,28-,30-/m0/s1. The molecule has 37 heavy (non-hydrogen) atoms. The molecule has 0 spiro atoms. The number of carbonyl (C=O) groups is 1. The molecule has 0 bridgehead atoms. The Bertz CT molecular complexity index is 1350. The van der Waals surface area contributed by atoms with E-state index in [1.165, 1.54) is 12.1 Å². The highest BCUT2D eigenvalue weighted by atomic mass is 79.9. The van der Waals surface area contributed by atoms with Gasteiger partial charge >= 0.3 is 0 Å². The van der Waals surface area contributed by atoms with Crippen molar-refractivity contribution in [2.75, 3.05) is 4.90 Å². The zero-order chi connectivity index (χ0) is 25.8. The second-order valence-electron chi connectivity index (χ2n) is 9.20. The number of nitrogens with zero attached hydrogens (tertiary/aromatic N) is 1. The summed E-state index contributed by atoms with van der Waals surface area (Å²) in [5.41, 5.74) is 3.44. The highest BCUT2D eigenvalue weighted by molar-refractivity contribution is 9.10. The lowest BCUT2D eigenvalue weighted by molar-refractivity contribution is -0.131. The van der Waals surface area contributed by atoms with E-state index in [4.69, 9.17) is 4.74 Å². The molecule has 1 saturated heterocycles. The largest absolute Gasteiger partial charge is 0.489 e. The molecule has 4 aromatic rings. The van der Waals surface area contributed by atoms with Crippen LogP contribution in [-0.2, 0) is 11.4 Å². The summed E-state index contributed by atoms with van der Waals surface area (Å²) in [4.78, 5) is 15.3. The van der Waals surface area contributed by atoms with Crippen molar-refractivity contribution in [2.45, 2.75) is 31.6 Å². The number of anilines is 1. The van der Waals surface area contributed by atoms with E-state index in [2.05, 4.69) is 15.9 Å². The first-order valence-electron chi connectivity index (χ1n) is 12.3. The molecule has 0 saturated carbocycles. The van der Waals surface area contributed by atoms with Gasteiger partial charge in [-0.1, -0.05) is 82.7 Å². The van der Waals surface area contributed by atoms with Crippen molar-refractivity contribution < 1.29 is 19.0 Å². The predicted octanol–water partition coefficient (Wildman–Crippen LogP) is 7.39. The average molecular weight is 560 g/mol. The predicted molar refractivity (Wildman–Crippen MR) is 146 cm³/mol. The van der Waals surface area contributed by atoms with Crippen LogP contribution >= 0.6 is 15.9 Å². The highest BCUT2D eigenvalue weighted by Gasteiger charge is 2.49. The molecule has 1 aliphatic heterocycles. The summed E-state index contributed by atoms with van der Waals surface area (Å²) in [6.07, 6.45) is 0.0934. The maximum atomic E-state index is 13.4. The number of hydrogen-bond acceptors (Lipinski definition) is 3. The van der Waals surface area contributed by atoms with Crippen LogP contribution in [0.1, 0.15) is 41.7 Å². The first kappa shape index (κ1) is 25.2. The summed E-state index contributed by atoms with van der Waals surface area (Å²) >= 11 is 3.56. The molecule has 1 fully saturated rings.